The second-order valence-electron chi connectivity index (χ2n) is 7.69. The van der Waals surface area contributed by atoms with Crippen molar-refractivity contribution in [3.8, 4) is 0 Å². The third kappa shape index (κ3) is 7.14. The third-order valence-electron chi connectivity index (χ3n) is 3.28. The van der Waals surface area contributed by atoms with Crippen LogP contribution in [0.4, 0.5) is 0 Å². The van der Waals surface area contributed by atoms with Crippen LogP contribution in [0.1, 0.15) is 53.9 Å². The van der Waals surface area contributed by atoms with E-state index in [2.05, 4.69) is 5.32 Å². The molecule has 0 radical (unpaired) electrons. The molecule has 0 aromatic heterocycles. The number of nitrogens with one attached hydrogen (secondary N) is 1. The van der Waals surface area contributed by atoms with Crippen LogP contribution in [0, 0.1) is 5.41 Å². The molecule has 1 rings (SSSR count). The maximum absolute atomic E-state index is 12.3. The van der Waals surface area contributed by atoms with Gasteiger partial charge in [-0.25, -0.2) is 0 Å². The van der Waals surface area contributed by atoms with Gasteiger partial charge in [0.2, 0.25) is 11.8 Å². The Morgan fingerprint density at radius 2 is 1.81 bits per heavy atom. The molecule has 1 aliphatic heterocycles. The molecular formula is C15H30ClN3O2. The molecule has 1 heterocycles. The smallest absolute Gasteiger partial charge is 0.242 e. The van der Waals surface area contributed by atoms with E-state index in [1.807, 2.05) is 34.6 Å². The monoisotopic (exact) mass is 319 g/mol. The Hall–Kier alpha value is -0.810. The molecule has 0 aromatic carbocycles. The van der Waals surface area contributed by atoms with E-state index in [4.69, 9.17) is 5.73 Å². The molecule has 3 N–H and O–H groups in total. The van der Waals surface area contributed by atoms with E-state index in [9.17, 15) is 9.59 Å². The number of amides is 2. The predicted molar refractivity (Wildman–Crippen MR) is 87.3 cm³/mol. The van der Waals surface area contributed by atoms with E-state index in [1.54, 1.807) is 4.90 Å². The Bertz CT molecular complexity index is 372. The summed E-state index contributed by atoms with van der Waals surface area (Å²) in [7, 11) is 0. The van der Waals surface area contributed by atoms with Gasteiger partial charge in [0.1, 0.15) is 6.04 Å². The highest BCUT2D eigenvalue weighted by molar-refractivity contribution is 5.88. The van der Waals surface area contributed by atoms with Crippen LogP contribution in [0.15, 0.2) is 0 Å². The second kappa shape index (κ2) is 7.45. The third-order valence-corrected chi connectivity index (χ3v) is 3.28. The molecule has 1 atom stereocenters. The average molecular weight is 320 g/mol. The Morgan fingerprint density at radius 3 is 2.29 bits per heavy atom. The number of carbonyl (C=O) groups excluding carboxylic acids is 2. The zero-order chi connectivity index (χ0) is 15.6. The van der Waals surface area contributed by atoms with Gasteiger partial charge in [0.05, 0.1) is 0 Å². The SMILES string of the molecule is CC(C)(C)CC(=O)N1CCCC1C(=O)NCC(C)(C)N.Cl. The van der Waals surface area contributed by atoms with Crippen molar-refractivity contribution in [2.24, 2.45) is 11.1 Å². The van der Waals surface area contributed by atoms with Crippen LogP contribution in [0.2, 0.25) is 0 Å². The van der Waals surface area contributed by atoms with Gasteiger partial charge < -0.3 is 16.0 Å². The number of carbonyl (C=O) groups is 2. The molecule has 0 aliphatic carbocycles. The minimum Gasteiger partial charge on any atom is -0.352 e. The number of rotatable bonds is 4. The molecule has 1 saturated heterocycles. The molecule has 0 bridgehead atoms. The molecule has 0 aromatic rings. The zero-order valence-electron chi connectivity index (χ0n) is 13.9. The van der Waals surface area contributed by atoms with Crippen LogP contribution in [0.5, 0.6) is 0 Å². The molecule has 0 spiro atoms. The number of hydrogen-bond donors (Lipinski definition) is 2. The van der Waals surface area contributed by atoms with Gasteiger partial charge in [0.25, 0.3) is 0 Å². The van der Waals surface area contributed by atoms with E-state index in [0.717, 1.165) is 12.8 Å². The lowest BCUT2D eigenvalue weighted by atomic mass is 9.91. The largest absolute Gasteiger partial charge is 0.352 e. The summed E-state index contributed by atoms with van der Waals surface area (Å²) >= 11 is 0. The van der Waals surface area contributed by atoms with Crippen LogP contribution in [-0.2, 0) is 9.59 Å². The fraction of sp³-hybridized carbons (Fsp3) is 0.867. The molecule has 21 heavy (non-hydrogen) atoms. The topological polar surface area (TPSA) is 75.4 Å². The van der Waals surface area contributed by atoms with Crippen molar-refractivity contribution >= 4 is 24.2 Å². The highest BCUT2D eigenvalue weighted by atomic mass is 35.5. The van der Waals surface area contributed by atoms with Crippen molar-refractivity contribution in [3.63, 3.8) is 0 Å². The van der Waals surface area contributed by atoms with Gasteiger partial charge in [-0.3, -0.25) is 9.59 Å². The minimum absolute atomic E-state index is 0. The summed E-state index contributed by atoms with van der Waals surface area (Å²) in [6.45, 7) is 10.9. The van der Waals surface area contributed by atoms with Crippen LogP contribution < -0.4 is 11.1 Å². The Balaban J connectivity index is 0.00000400. The van der Waals surface area contributed by atoms with Crippen LogP contribution in [0.25, 0.3) is 0 Å². The summed E-state index contributed by atoms with van der Waals surface area (Å²) in [5, 5.41) is 2.85. The van der Waals surface area contributed by atoms with Crippen molar-refractivity contribution in [1.82, 2.24) is 10.2 Å². The molecule has 0 saturated carbocycles. The summed E-state index contributed by atoms with van der Waals surface area (Å²) in [6.07, 6.45) is 2.10. The maximum atomic E-state index is 12.3. The van der Waals surface area contributed by atoms with Crippen LogP contribution in [-0.4, -0.2) is 41.4 Å². The van der Waals surface area contributed by atoms with E-state index in [0.29, 0.717) is 19.5 Å². The second-order valence-corrected chi connectivity index (χ2v) is 7.69. The van der Waals surface area contributed by atoms with Gasteiger partial charge in [0.15, 0.2) is 0 Å². The van der Waals surface area contributed by atoms with Crippen molar-refractivity contribution < 1.29 is 9.59 Å². The fourth-order valence-corrected chi connectivity index (χ4v) is 2.33. The first-order valence-electron chi connectivity index (χ1n) is 7.36. The van der Waals surface area contributed by atoms with Crippen molar-refractivity contribution in [1.29, 1.82) is 0 Å². The Morgan fingerprint density at radius 1 is 1.24 bits per heavy atom. The highest BCUT2D eigenvalue weighted by Crippen LogP contribution is 2.24. The number of likely N-dealkylation sites (tertiary alicyclic amines) is 1. The van der Waals surface area contributed by atoms with Gasteiger partial charge in [-0.15, -0.1) is 12.4 Å². The molecule has 1 aliphatic rings. The molecule has 6 heteroatoms. The standard InChI is InChI=1S/C15H29N3O2.ClH/c1-14(2,3)9-12(19)18-8-6-7-11(18)13(20)17-10-15(4,5)16;/h11H,6-10,16H2,1-5H3,(H,17,20);1H. The minimum atomic E-state index is -0.436. The first kappa shape index (κ1) is 20.2. The van der Waals surface area contributed by atoms with Crippen LogP contribution >= 0.6 is 12.4 Å². The normalized spacial score (nSPS) is 19.1. The lowest BCUT2D eigenvalue weighted by Crippen LogP contribution is -2.51. The van der Waals surface area contributed by atoms with Crippen molar-refractivity contribution in [2.45, 2.75) is 65.5 Å². The molecule has 5 nitrogen and oxygen atoms in total. The number of hydrogen-bond acceptors (Lipinski definition) is 3. The van der Waals surface area contributed by atoms with Gasteiger partial charge in [-0.05, 0) is 32.1 Å². The van der Waals surface area contributed by atoms with E-state index >= 15 is 0 Å². The fourth-order valence-electron chi connectivity index (χ4n) is 2.33. The van der Waals surface area contributed by atoms with Gasteiger partial charge >= 0.3 is 0 Å². The van der Waals surface area contributed by atoms with E-state index < -0.39 is 5.54 Å². The molecule has 2 amide bonds. The lowest BCUT2D eigenvalue weighted by molar-refractivity contribution is -0.139. The molecule has 124 valence electrons. The number of halogens is 1. The summed E-state index contributed by atoms with van der Waals surface area (Å²) in [5.74, 6) is -0.00885. The van der Waals surface area contributed by atoms with Crippen molar-refractivity contribution in [2.75, 3.05) is 13.1 Å². The number of nitrogens with zero attached hydrogens (tertiary/aromatic N) is 1. The lowest BCUT2D eigenvalue weighted by Gasteiger charge is -2.28. The van der Waals surface area contributed by atoms with Crippen molar-refractivity contribution in [3.05, 3.63) is 0 Å². The van der Waals surface area contributed by atoms with Gasteiger partial charge in [0, 0.05) is 25.0 Å². The first-order chi connectivity index (χ1) is 8.99. The van der Waals surface area contributed by atoms with E-state index in [-0.39, 0.29) is 35.7 Å². The molecule has 1 fully saturated rings. The van der Waals surface area contributed by atoms with E-state index in [1.165, 1.54) is 0 Å². The first-order valence-corrected chi connectivity index (χ1v) is 7.36. The summed E-state index contributed by atoms with van der Waals surface area (Å²) in [6, 6.07) is -0.327. The highest BCUT2D eigenvalue weighted by Gasteiger charge is 2.35. The molecular weight excluding hydrogens is 290 g/mol. The quantitative estimate of drug-likeness (QED) is 0.828. The Kier molecular flexibility index (Phi) is 7.16. The maximum Gasteiger partial charge on any atom is 0.242 e. The Labute approximate surface area is 134 Å². The number of nitrogens with two attached hydrogens (primary N) is 1. The van der Waals surface area contributed by atoms with Gasteiger partial charge in [-0.2, -0.15) is 0 Å². The molecule has 1 unspecified atom stereocenters. The van der Waals surface area contributed by atoms with Crippen LogP contribution in [0.3, 0.4) is 0 Å². The summed E-state index contributed by atoms with van der Waals surface area (Å²) in [4.78, 5) is 26.2. The predicted octanol–water partition coefficient (Wildman–Crippen LogP) is 1.69. The average Bonchev–Trinajstić information content (AvgIpc) is 2.71. The zero-order valence-corrected chi connectivity index (χ0v) is 14.7. The van der Waals surface area contributed by atoms with Gasteiger partial charge in [-0.1, -0.05) is 20.8 Å². The summed E-state index contributed by atoms with van der Waals surface area (Å²) < 4.78 is 0. The summed E-state index contributed by atoms with van der Waals surface area (Å²) in [5.41, 5.74) is 5.37.